The van der Waals surface area contributed by atoms with E-state index in [0.29, 0.717) is 18.2 Å². The van der Waals surface area contributed by atoms with Crippen LogP contribution in [0.4, 0.5) is 0 Å². The van der Waals surface area contributed by atoms with Gasteiger partial charge in [-0.1, -0.05) is 25.0 Å². The van der Waals surface area contributed by atoms with Crippen LogP contribution >= 0.6 is 24.0 Å². The first-order chi connectivity index (χ1) is 12.3. The molecule has 0 atom stereocenters. The summed E-state index contributed by atoms with van der Waals surface area (Å²) in [5.74, 6) is 0.849. The molecule has 1 aromatic carbocycles. The molecule has 3 rings (SSSR count). The fraction of sp³-hybridized carbons (Fsp3) is 0.600. The highest BCUT2D eigenvalue weighted by Gasteiger charge is 2.27. The molecule has 2 aliphatic rings. The lowest BCUT2D eigenvalue weighted by molar-refractivity contribution is 0.150. The van der Waals surface area contributed by atoms with Gasteiger partial charge in [0.15, 0.2) is 5.96 Å². The maximum Gasteiger partial charge on any atom is 0.191 e. The van der Waals surface area contributed by atoms with E-state index in [1.807, 2.05) is 31.3 Å². The molecule has 2 N–H and O–H groups in total. The highest BCUT2D eigenvalue weighted by molar-refractivity contribution is 14.0. The third-order valence-electron chi connectivity index (χ3n) is 5.45. The van der Waals surface area contributed by atoms with Crippen LogP contribution in [0.3, 0.4) is 0 Å². The Bertz CT molecular complexity index is 625. The molecule has 142 valence electrons. The Kier molecular flexibility index (Phi) is 8.66. The molecule has 0 radical (unpaired) electrons. The van der Waals surface area contributed by atoms with Crippen LogP contribution in [0.15, 0.2) is 29.3 Å². The minimum Gasteiger partial charge on any atom is -0.354 e. The summed E-state index contributed by atoms with van der Waals surface area (Å²) >= 11 is 0. The third kappa shape index (κ3) is 5.85. The number of nitriles is 1. The van der Waals surface area contributed by atoms with E-state index in [0.717, 1.165) is 17.6 Å². The molecule has 0 amide bonds. The molecule has 2 fully saturated rings. The van der Waals surface area contributed by atoms with Crippen molar-refractivity contribution in [1.29, 1.82) is 5.26 Å². The monoisotopic (exact) mass is 467 g/mol. The predicted molar refractivity (Wildman–Crippen MR) is 117 cm³/mol. The number of likely N-dealkylation sites (tertiary alicyclic amines) is 1. The van der Waals surface area contributed by atoms with Crippen molar-refractivity contribution in [2.24, 2.45) is 4.99 Å². The molecule has 1 saturated heterocycles. The molecule has 1 aliphatic carbocycles. The first kappa shape index (κ1) is 21.0. The standard InChI is InChI=1S/C20H29N5.HI/c1-22-20(23-15-17-6-4-5-16(13-17)14-21)24-18-9-11-25(12-10-18)19-7-2-3-8-19;/h4-6,13,18-19H,2-3,7-12,15H2,1H3,(H2,22,23,24);1H. The van der Waals surface area contributed by atoms with Gasteiger partial charge in [-0.15, -0.1) is 24.0 Å². The van der Waals surface area contributed by atoms with Crippen LogP contribution in [0.2, 0.25) is 0 Å². The number of nitrogens with zero attached hydrogens (tertiary/aromatic N) is 3. The molecule has 1 aliphatic heterocycles. The number of rotatable bonds is 4. The van der Waals surface area contributed by atoms with Crippen LogP contribution in [-0.4, -0.2) is 43.1 Å². The number of halogens is 1. The minimum absolute atomic E-state index is 0. The van der Waals surface area contributed by atoms with Crippen molar-refractivity contribution in [3.63, 3.8) is 0 Å². The molecule has 0 unspecified atom stereocenters. The largest absolute Gasteiger partial charge is 0.354 e. The Morgan fingerprint density at radius 1 is 1.23 bits per heavy atom. The van der Waals surface area contributed by atoms with Gasteiger partial charge in [-0.05, 0) is 43.4 Å². The highest BCUT2D eigenvalue weighted by atomic mass is 127. The number of benzene rings is 1. The molecule has 0 bridgehead atoms. The van der Waals surface area contributed by atoms with Gasteiger partial charge in [-0.3, -0.25) is 4.99 Å². The maximum absolute atomic E-state index is 8.99. The van der Waals surface area contributed by atoms with E-state index in [-0.39, 0.29) is 24.0 Å². The fourth-order valence-electron chi connectivity index (χ4n) is 4.00. The fourth-order valence-corrected chi connectivity index (χ4v) is 4.00. The van der Waals surface area contributed by atoms with Crippen molar-refractivity contribution in [2.75, 3.05) is 20.1 Å². The number of hydrogen-bond donors (Lipinski definition) is 2. The Hall–Kier alpha value is -1.33. The Labute approximate surface area is 174 Å². The minimum atomic E-state index is 0. The molecular weight excluding hydrogens is 437 g/mol. The van der Waals surface area contributed by atoms with Crippen LogP contribution < -0.4 is 10.6 Å². The number of hydrogen-bond acceptors (Lipinski definition) is 3. The van der Waals surface area contributed by atoms with Gasteiger partial charge in [0.1, 0.15) is 0 Å². The molecule has 5 nitrogen and oxygen atoms in total. The summed E-state index contributed by atoms with van der Waals surface area (Å²) in [6.07, 6.45) is 7.97. The average molecular weight is 467 g/mol. The van der Waals surface area contributed by atoms with Crippen LogP contribution in [0.25, 0.3) is 0 Å². The second-order valence-corrected chi connectivity index (χ2v) is 7.13. The molecule has 6 heteroatoms. The van der Waals surface area contributed by atoms with E-state index in [1.165, 1.54) is 51.6 Å². The molecule has 1 aromatic rings. The SMILES string of the molecule is CN=C(NCc1cccc(C#N)c1)NC1CCN(C2CCCC2)CC1.I. The average Bonchev–Trinajstić information content (AvgIpc) is 3.20. The second-order valence-electron chi connectivity index (χ2n) is 7.13. The van der Waals surface area contributed by atoms with E-state index in [4.69, 9.17) is 5.26 Å². The summed E-state index contributed by atoms with van der Waals surface area (Å²) in [5, 5.41) is 15.9. The van der Waals surface area contributed by atoms with Gasteiger partial charge in [0, 0.05) is 38.8 Å². The smallest absolute Gasteiger partial charge is 0.191 e. The second kappa shape index (κ2) is 10.7. The zero-order valence-corrected chi connectivity index (χ0v) is 17.9. The van der Waals surface area contributed by atoms with Crippen molar-refractivity contribution in [3.8, 4) is 6.07 Å². The summed E-state index contributed by atoms with van der Waals surface area (Å²) in [5.41, 5.74) is 1.79. The van der Waals surface area contributed by atoms with Crippen molar-refractivity contribution in [3.05, 3.63) is 35.4 Å². The zero-order chi connectivity index (χ0) is 17.5. The Morgan fingerprint density at radius 2 is 1.96 bits per heavy atom. The highest BCUT2D eigenvalue weighted by Crippen LogP contribution is 2.26. The van der Waals surface area contributed by atoms with Gasteiger partial charge in [-0.2, -0.15) is 5.26 Å². The summed E-state index contributed by atoms with van der Waals surface area (Å²) < 4.78 is 0. The van der Waals surface area contributed by atoms with E-state index >= 15 is 0 Å². The summed E-state index contributed by atoms with van der Waals surface area (Å²) in [6, 6.07) is 11.2. The van der Waals surface area contributed by atoms with Crippen molar-refractivity contribution in [1.82, 2.24) is 15.5 Å². The topological polar surface area (TPSA) is 63.5 Å². The lowest BCUT2D eigenvalue weighted by Crippen LogP contribution is -2.50. The summed E-state index contributed by atoms with van der Waals surface area (Å²) in [4.78, 5) is 7.04. The zero-order valence-electron chi connectivity index (χ0n) is 15.6. The van der Waals surface area contributed by atoms with Gasteiger partial charge >= 0.3 is 0 Å². The van der Waals surface area contributed by atoms with Gasteiger partial charge in [0.05, 0.1) is 11.6 Å². The quantitative estimate of drug-likeness (QED) is 0.406. The Balaban J connectivity index is 0.00000243. The number of aliphatic imine (C=N–C) groups is 1. The predicted octanol–water partition coefficient (Wildman–Crippen LogP) is 3.25. The van der Waals surface area contributed by atoms with Crippen LogP contribution in [-0.2, 0) is 6.54 Å². The third-order valence-corrected chi connectivity index (χ3v) is 5.45. The summed E-state index contributed by atoms with van der Waals surface area (Å²) in [7, 11) is 1.81. The maximum atomic E-state index is 8.99. The van der Waals surface area contributed by atoms with Crippen molar-refractivity contribution in [2.45, 2.75) is 57.2 Å². The van der Waals surface area contributed by atoms with Gasteiger partial charge < -0.3 is 15.5 Å². The number of nitrogens with one attached hydrogen (secondary N) is 2. The first-order valence-corrected chi connectivity index (χ1v) is 9.49. The van der Waals surface area contributed by atoms with Gasteiger partial charge in [-0.25, -0.2) is 0 Å². The normalized spacial score (nSPS) is 19.6. The van der Waals surface area contributed by atoms with Gasteiger partial charge in [0.2, 0.25) is 0 Å². The molecular formula is C20H30IN5. The van der Waals surface area contributed by atoms with E-state index in [1.54, 1.807) is 0 Å². The molecule has 1 heterocycles. The molecule has 0 spiro atoms. The van der Waals surface area contributed by atoms with Crippen LogP contribution in [0, 0.1) is 11.3 Å². The summed E-state index contributed by atoms with van der Waals surface area (Å²) in [6.45, 7) is 3.07. The van der Waals surface area contributed by atoms with Gasteiger partial charge in [0.25, 0.3) is 0 Å². The number of guanidine groups is 1. The number of piperidine rings is 1. The first-order valence-electron chi connectivity index (χ1n) is 9.49. The molecule has 1 saturated carbocycles. The van der Waals surface area contributed by atoms with E-state index in [9.17, 15) is 0 Å². The van der Waals surface area contributed by atoms with E-state index < -0.39 is 0 Å². The van der Waals surface area contributed by atoms with Crippen molar-refractivity contribution >= 4 is 29.9 Å². The lowest BCUT2D eigenvalue weighted by Gasteiger charge is -2.36. The van der Waals surface area contributed by atoms with E-state index in [2.05, 4.69) is 26.6 Å². The lowest BCUT2D eigenvalue weighted by atomic mass is 10.0. The molecule has 26 heavy (non-hydrogen) atoms. The van der Waals surface area contributed by atoms with Crippen LogP contribution in [0.5, 0.6) is 0 Å². The molecule has 0 aromatic heterocycles. The van der Waals surface area contributed by atoms with Crippen LogP contribution in [0.1, 0.15) is 49.7 Å². The Morgan fingerprint density at radius 3 is 2.62 bits per heavy atom. The van der Waals surface area contributed by atoms with Crippen molar-refractivity contribution < 1.29 is 0 Å².